The lowest BCUT2D eigenvalue weighted by molar-refractivity contribution is 0.764. The van der Waals surface area contributed by atoms with Gasteiger partial charge in [-0.3, -0.25) is 4.68 Å². The standard InChI is InChI=1S/C14H17BrN4S/c1-7-5-10(15)6-8(2)12(7)17-14-11(13(16)20)9(3)18-19(14)4/h5-6,17H,1-4H3,(H2,16,20). The van der Waals surface area contributed by atoms with Gasteiger partial charge in [-0.05, 0) is 44.0 Å². The first-order valence-electron chi connectivity index (χ1n) is 6.18. The van der Waals surface area contributed by atoms with Crippen LogP contribution in [0.15, 0.2) is 16.6 Å². The van der Waals surface area contributed by atoms with E-state index in [0.29, 0.717) is 4.99 Å². The molecule has 6 heteroatoms. The maximum absolute atomic E-state index is 5.81. The summed E-state index contributed by atoms with van der Waals surface area (Å²) in [6.07, 6.45) is 0. The highest BCUT2D eigenvalue weighted by molar-refractivity contribution is 9.10. The van der Waals surface area contributed by atoms with Gasteiger partial charge in [-0.15, -0.1) is 0 Å². The first-order valence-corrected chi connectivity index (χ1v) is 7.38. The summed E-state index contributed by atoms with van der Waals surface area (Å²) in [4.78, 5) is 0.352. The Morgan fingerprint density at radius 1 is 1.30 bits per heavy atom. The topological polar surface area (TPSA) is 55.9 Å². The second-order valence-electron chi connectivity index (χ2n) is 4.84. The molecule has 4 nitrogen and oxygen atoms in total. The van der Waals surface area contributed by atoms with Gasteiger partial charge in [0.05, 0.1) is 11.3 Å². The van der Waals surface area contributed by atoms with E-state index >= 15 is 0 Å². The molecule has 0 unspecified atom stereocenters. The average molecular weight is 353 g/mol. The van der Waals surface area contributed by atoms with Gasteiger partial charge in [0, 0.05) is 17.2 Å². The third kappa shape index (κ3) is 2.71. The summed E-state index contributed by atoms with van der Waals surface area (Å²) in [7, 11) is 1.88. The quantitative estimate of drug-likeness (QED) is 0.830. The van der Waals surface area contributed by atoms with Crippen molar-refractivity contribution in [2.75, 3.05) is 5.32 Å². The van der Waals surface area contributed by atoms with Crippen molar-refractivity contribution in [3.8, 4) is 0 Å². The van der Waals surface area contributed by atoms with Crippen LogP contribution in [0.2, 0.25) is 0 Å². The van der Waals surface area contributed by atoms with Crippen molar-refractivity contribution in [2.24, 2.45) is 12.8 Å². The van der Waals surface area contributed by atoms with Gasteiger partial charge in [-0.2, -0.15) is 5.10 Å². The van der Waals surface area contributed by atoms with Crippen molar-refractivity contribution in [1.29, 1.82) is 0 Å². The summed E-state index contributed by atoms with van der Waals surface area (Å²) in [5.41, 5.74) is 10.8. The Morgan fingerprint density at radius 2 is 1.85 bits per heavy atom. The summed E-state index contributed by atoms with van der Waals surface area (Å²) in [6.45, 7) is 6.02. The fourth-order valence-electron chi connectivity index (χ4n) is 2.32. The summed E-state index contributed by atoms with van der Waals surface area (Å²) in [6, 6.07) is 4.14. The van der Waals surface area contributed by atoms with Crippen LogP contribution in [0, 0.1) is 20.8 Å². The van der Waals surface area contributed by atoms with E-state index < -0.39 is 0 Å². The molecule has 0 aliphatic carbocycles. The molecule has 0 amide bonds. The molecular formula is C14H17BrN4S. The van der Waals surface area contributed by atoms with Crippen molar-refractivity contribution in [2.45, 2.75) is 20.8 Å². The Hall–Kier alpha value is -1.40. The SMILES string of the molecule is Cc1cc(Br)cc(C)c1Nc1c(C(N)=S)c(C)nn1C. The van der Waals surface area contributed by atoms with Gasteiger partial charge in [0.1, 0.15) is 10.8 Å². The van der Waals surface area contributed by atoms with Crippen LogP contribution in [-0.4, -0.2) is 14.8 Å². The highest BCUT2D eigenvalue weighted by Crippen LogP contribution is 2.30. The number of anilines is 2. The molecule has 1 aromatic heterocycles. The highest BCUT2D eigenvalue weighted by atomic mass is 79.9. The van der Waals surface area contributed by atoms with E-state index in [9.17, 15) is 0 Å². The molecule has 2 aromatic rings. The van der Waals surface area contributed by atoms with E-state index in [2.05, 4.69) is 52.3 Å². The van der Waals surface area contributed by atoms with Crippen molar-refractivity contribution < 1.29 is 0 Å². The van der Waals surface area contributed by atoms with Crippen LogP contribution in [0.25, 0.3) is 0 Å². The number of nitrogens with one attached hydrogen (secondary N) is 1. The fraction of sp³-hybridized carbons (Fsp3) is 0.286. The van der Waals surface area contributed by atoms with Gasteiger partial charge >= 0.3 is 0 Å². The first-order chi connectivity index (χ1) is 9.31. The van der Waals surface area contributed by atoms with E-state index in [4.69, 9.17) is 18.0 Å². The van der Waals surface area contributed by atoms with E-state index in [1.807, 2.05) is 14.0 Å². The predicted molar refractivity (Wildman–Crippen MR) is 90.7 cm³/mol. The van der Waals surface area contributed by atoms with Crippen LogP contribution >= 0.6 is 28.1 Å². The summed E-state index contributed by atoms with van der Waals surface area (Å²) in [5.74, 6) is 0.823. The Morgan fingerprint density at radius 3 is 2.35 bits per heavy atom. The molecule has 106 valence electrons. The molecule has 0 bridgehead atoms. The normalized spacial score (nSPS) is 10.7. The average Bonchev–Trinajstić information content (AvgIpc) is 2.58. The van der Waals surface area contributed by atoms with Gasteiger partial charge in [-0.1, -0.05) is 28.1 Å². The maximum atomic E-state index is 5.81. The van der Waals surface area contributed by atoms with E-state index in [1.165, 1.54) is 0 Å². The minimum atomic E-state index is 0.352. The minimum absolute atomic E-state index is 0.352. The smallest absolute Gasteiger partial charge is 0.138 e. The second kappa shape index (κ2) is 5.54. The lowest BCUT2D eigenvalue weighted by atomic mass is 10.1. The third-order valence-corrected chi connectivity index (χ3v) is 3.87. The molecule has 0 saturated heterocycles. The Labute approximate surface area is 132 Å². The number of aryl methyl sites for hydroxylation is 4. The molecule has 0 atom stereocenters. The number of rotatable bonds is 3. The van der Waals surface area contributed by atoms with Crippen molar-refractivity contribution >= 4 is 44.6 Å². The summed E-state index contributed by atoms with van der Waals surface area (Å²) in [5, 5.41) is 7.80. The maximum Gasteiger partial charge on any atom is 0.138 e. The lowest BCUT2D eigenvalue weighted by Crippen LogP contribution is -2.13. The van der Waals surface area contributed by atoms with Crippen LogP contribution in [0.1, 0.15) is 22.4 Å². The zero-order valence-corrected chi connectivity index (χ0v) is 14.3. The van der Waals surface area contributed by atoms with Gasteiger partial charge in [0.2, 0.25) is 0 Å². The number of aromatic nitrogens is 2. The van der Waals surface area contributed by atoms with Gasteiger partial charge in [-0.25, -0.2) is 0 Å². The summed E-state index contributed by atoms with van der Waals surface area (Å²) >= 11 is 8.63. The highest BCUT2D eigenvalue weighted by Gasteiger charge is 2.17. The molecule has 0 aliphatic heterocycles. The van der Waals surface area contributed by atoms with Crippen LogP contribution in [0.3, 0.4) is 0 Å². The lowest BCUT2D eigenvalue weighted by Gasteiger charge is -2.15. The molecule has 20 heavy (non-hydrogen) atoms. The molecule has 0 saturated carbocycles. The number of hydrogen-bond donors (Lipinski definition) is 2. The summed E-state index contributed by atoms with van der Waals surface area (Å²) < 4.78 is 2.83. The predicted octanol–water partition coefficient (Wildman–Crippen LogP) is 3.49. The van der Waals surface area contributed by atoms with Crippen LogP contribution in [0.5, 0.6) is 0 Å². The number of benzene rings is 1. The van der Waals surface area contributed by atoms with Crippen molar-refractivity contribution in [3.05, 3.63) is 39.0 Å². The number of nitrogens with zero attached hydrogens (tertiary/aromatic N) is 2. The van der Waals surface area contributed by atoms with Crippen molar-refractivity contribution in [1.82, 2.24) is 9.78 Å². The van der Waals surface area contributed by atoms with Crippen molar-refractivity contribution in [3.63, 3.8) is 0 Å². The molecule has 2 rings (SSSR count). The largest absolute Gasteiger partial charge is 0.389 e. The van der Waals surface area contributed by atoms with Gasteiger partial charge in [0.15, 0.2) is 0 Å². The molecule has 0 fully saturated rings. The Kier molecular flexibility index (Phi) is 4.15. The number of halogens is 1. The molecule has 0 spiro atoms. The molecule has 3 N–H and O–H groups in total. The zero-order chi connectivity index (χ0) is 15.0. The van der Waals surface area contributed by atoms with E-state index in [1.54, 1.807) is 4.68 Å². The second-order valence-corrected chi connectivity index (χ2v) is 6.19. The molecular weight excluding hydrogens is 336 g/mol. The molecule has 0 radical (unpaired) electrons. The van der Waals surface area contributed by atoms with Gasteiger partial charge < -0.3 is 11.1 Å². The number of thiocarbonyl (C=S) groups is 1. The van der Waals surface area contributed by atoms with Crippen LogP contribution in [-0.2, 0) is 7.05 Å². The van der Waals surface area contributed by atoms with Crippen LogP contribution < -0.4 is 11.1 Å². The van der Waals surface area contributed by atoms with E-state index in [0.717, 1.165) is 38.4 Å². The minimum Gasteiger partial charge on any atom is -0.389 e. The molecule has 0 aliphatic rings. The third-order valence-electron chi connectivity index (χ3n) is 3.21. The fourth-order valence-corrected chi connectivity index (χ4v) is 3.25. The Balaban J connectivity index is 2.54. The molecule has 1 heterocycles. The molecule has 1 aromatic carbocycles. The monoisotopic (exact) mass is 352 g/mol. The number of hydrogen-bond acceptors (Lipinski definition) is 3. The Bertz CT molecular complexity index is 668. The van der Waals surface area contributed by atoms with Gasteiger partial charge in [0.25, 0.3) is 0 Å². The first kappa shape index (κ1) is 15.0. The van der Waals surface area contributed by atoms with Crippen LogP contribution in [0.4, 0.5) is 11.5 Å². The van der Waals surface area contributed by atoms with E-state index in [-0.39, 0.29) is 0 Å². The number of nitrogens with two attached hydrogens (primary N) is 1. The zero-order valence-electron chi connectivity index (χ0n) is 11.9.